The van der Waals surface area contributed by atoms with Crippen LogP contribution >= 0.6 is 0 Å². The smallest absolute Gasteiger partial charge is 0.264 e. The highest BCUT2D eigenvalue weighted by atomic mass is 16.2. The lowest BCUT2D eigenvalue weighted by Gasteiger charge is -2.28. The third kappa shape index (κ3) is 6.37. The molecule has 1 aliphatic heterocycles. The summed E-state index contributed by atoms with van der Waals surface area (Å²) in [5.74, 6) is 1.76. The predicted molar refractivity (Wildman–Crippen MR) is 141 cm³/mol. The fraction of sp³-hybridized carbons (Fsp3) is 0.679. The minimum absolute atomic E-state index is 0.0301. The second-order valence-corrected chi connectivity index (χ2v) is 11.6. The van der Waals surface area contributed by atoms with Gasteiger partial charge in [0, 0.05) is 37.2 Å². The van der Waals surface area contributed by atoms with Gasteiger partial charge in [-0.05, 0) is 71.9 Å². The van der Waals surface area contributed by atoms with Gasteiger partial charge in [-0.3, -0.25) is 14.9 Å². The van der Waals surface area contributed by atoms with E-state index < -0.39 is 6.17 Å². The van der Waals surface area contributed by atoms with E-state index in [1.807, 2.05) is 11.0 Å². The number of hydrogen-bond acceptors (Lipinski definition) is 6. The van der Waals surface area contributed by atoms with E-state index >= 15 is 0 Å². The van der Waals surface area contributed by atoms with Crippen LogP contribution in [0.4, 0.5) is 5.69 Å². The van der Waals surface area contributed by atoms with E-state index in [0.717, 1.165) is 49.3 Å². The molecule has 2 amide bonds. The molecule has 3 unspecified atom stereocenters. The van der Waals surface area contributed by atoms with Crippen molar-refractivity contribution in [2.75, 3.05) is 11.4 Å². The third-order valence-corrected chi connectivity index (χ3v) is 7.77. The van der Waals surface area contributed by atoms with Gasteiger partial charge in [0.05, 0.1) is 0 Å². The Bertz CT molecular complexity index is 1090. The second kappa shape index (κ2) is 11.3. The molecule has 0 saturated heterocycles. The van der Waals surface area contributed by atoms with Crippen LogP contribution in [0.2, 0.25) is 0 Å². The van der Waals surface area contributed by atoms with Gasteiger partial charge in [-0.2, -0.15) is 0 Å². The molecule has 1 aromatic heterocycles. The SMILES string of the molecule is CCCn1nnnc1CC(CC(C)C)C(=O)NC1NC(CC2CC2)c2ccccc2N(CC2CC2)C1=O. The number of anilines is 1. The molecule has 5 rings (SSSR count). The van der Waals surface area contributed by atoms with E-state index in [1.165, 1.54) is 12.8 Å². The van der Waals surface area contributed by atoms with Crippen molar-refractivity contribution in [1.29, 1.82) is 0 Å². The molecule has 2 fully saturated rings. The average molecular weight is 508 g/mol. The fourth-order valence-electron chi connectivity index (χ4n) is 5.48. The van der Waals surface area contributed by atoms with Crippen LogP contribution in [-0.2, 0) is 22.6 Å². The number of aryl methyl sites for hydroxylation is 1. The molecule has 0 radical (unpaired) electrons. The number of hydrogen-bond donors (Lipinski definition) is 2. The lowest BCUT2D eigenvalue weighted by molar-refractivity contribution is -0.131. The first-order valence-corrected chi connectivity index (χ1v) is 14.1. The number of tetrazole rings is 1. The Morgan fingerprint density at radius 1 is 1.16 bits per heavy atom. The molecule has 2 heterocycles. The van der Waals surface area contributed by atoms with Crippen LogP contribution in [0, 0.1) is 23.7 Å². The Labute approximate surface area is 219 Å². The maximum atomic E-state index is 14.0. The molecule has 9 heteroatoms. The Hall–Kier alpha value is -2.81. The molecular formula is C28H41N7O2. The van der Waals surface area contributed by atoms with Gasteiger partial charge < -0.3 is 10.2 Å². The summed E-state index contributed by atoms with van der Waals surface area (Å²) in [5, 5.41) is 18.9. The van der Waals surface area contributed by atoms with Crippen molar-refractivity contribution in [3.63, 3.8) is 0 Å². The summed E-state index contributed by atoms with van der Waals surface area (Å²) >= 11 is 0. The maximum absolute atomic E-state index is 14.0. The molecule has 3 atom stereocenters. The Morgan fingerprint density at radius 2 is 1.92 bits per heavy atom. The number of carbonyl (C=O) groups is 2. The van der Waals surface area contributed by atoms with Crippen LogP contribution in [-0.4, -0.2) is 44.7 Å². The Morgan fingerprint density at radius 3 is 2.62 bits per heavy atom. The Kier molecular flexibility index (Phi) is 7.88. The number of amides is 2. The van der Waals surface area contributed by atoms with Crippen LogP contribution in [0.5, 0.6) is 0 Å². The molecule has 2 aliphatic carbocycles. The number of para-hydroxylation sites is 1. The fourth-order valence-corrected chi connectivity index (χ4v) is 5.48. The van der Waals surface area contributed by atoms with Gasteiger partial charge >= 0.3 is 0 Å². The van der Waals surface area contributed by atoms with Crippen molar-refractivity contribution in [3.8, 4) is 0 Å². The van der Waals surface area contributed by atoms with E-state index in [0.29, 0.717) is 37.1 Å². The predicted octanol–water partition coefficient (Wildman–Crippen LogP) is 3.62. The van der Waals surface area contributed by atoms with Gasteiger partial charge in [-0.15, -0.1) is 5.10 Å². The van der Waals surface area contributed by atoms with E-state index in [2.05, 4.69) is 65.1 Å². The number of benzene rings is 1. The number of nitrogens with zero attached hydrogens (tertiary/aromatic N) is 5. The van der Waals surface area contributed by atoms with Gasteiger partial charge in [0.1, 0.15) is 0 Å². The van der Waals surface area contributed by atoms with Gasteiger partial charge in [0.15, 0.2) is 12.0 Å². The maximum Gasteiger partial charge on any atom is 0.264 e. The van der Waals surface area contributed by atoms with Crippen molar-refractivity contribution in [2.45, 2.75) is 90.9 Å². The monoisotopic (exact) mass is 507 g/mol. The standard InChI is InChI=1S/C28H41N7O2/c1-4-13-35-25(31-32-33-35)16-21(14-18(2)3)27(36)30-26-28(37)34(17-20-11-12-20)24-8-6-5-7-22(24)23(29-26)15-19-9-10-19/h5-8,18-21,23,26,29H,4,9-17H2,1-3H3,(H,30,36). The van der Waals surface area contributed by atoms with E-state index in [9.17, 15) is 9.59 Å². The number of aromatic nitrogens is 4. The number of carbonyl (C=O) groups excluding carboxylic acids is 2. The lowest BCUT2D eigenvalue weighted by atomic mass is 9.92. The average Bonchev–Trinajstić information content (AvgIpc) is 3.81. The molecule has 2 aromatic rings. The quantitative estimate of drug-likeness (QED) is 0.455. The van der Waals surface area contributed by atoms with Crippen LogP contribution in [0.1, 0.15) is 83.1 Å². The summed E-state index contributed by atoms with van der Waals surface area (Å²) in [6, 6.07) is 8.30. The number of nitrogens with one attached hydrogen (secondary N) is 2. The summed E-state index contributed by atoms with van der Waals surface area (Å²) in [6.45, 7) is 7.74. The summed E-state index contributed by atoms with van der Waals surface area (Å²) in [5.41, 5.74) is 2.16. The molecule has 2 N–H and O–H groups in total. The summed E-state index contributed by atoms with van der Waals surface area (Å²) in [4.78, 5) is 29.7. The van der Waals surface area contributed by atoms with Crippen molar-refractivity contribution in [3.05, 3.63) is 35.7 Å². The summed E-state index contributed by atoms with van der Waals surface area (Å²) < 4.78 is 1.79. The lowest BCUT2D eigenvalue weighted by Crippen LogP contribution is -2.57. The molecule has 3 aliphatic rings. The van der Waals surface area contributed by atoms with E-state index in [4.69, 9.17) is 0 Å². The topological polar surface area (TPSA) is 105 Å². The van der Waals surface area contributed by atoms with E-state index in [-0.39, 0.29) is 23.8 Å². The minimum Gasteiger partial charge on any atom is -0.332 e. The van der Waals surface area contributed by atoms with Gasteiger partial charge in [0.25, 0.3) is 5.91 Å². The number of rotatable bonds is 12. The zero-order valence-electron chi connectivity index (χ0n) is 22.4. The zero-order valence-corrected chi connectivity index (χ0v) is 22.4. The summed E-state index contributed by atoms with van der Waals surface area (Å²) in [7, 11) is 0. The first-order chi connectivity index (χ1) is 17.9. The van der Waals surface area contributed by atoms with Crippen molar-refractivity contribution in [1.82, 2.24) is 30.8 Å². The minimum atomic E-state index is -0.760. The Balaban J connectivity index is 1.39. The highest BCUT2D eigenvalue weighted by Gasteiger charge is 2.40. The van der Waals surface area contributed by atoms with Gasteiger partial charge in [-0.1, -0.05) is 51.8 Å². The molecule has 0 spiro atoms. The largest absolute Gasteiger partial charge is 0.332 e. The third-order valence-electron chi connectivity index (χ3n) is 7.77. The van der Waals surface area contributed by atoms with E-state index in [1.54, 1.807) is 4.68 Å². The van der Waals surface area contributed by atoms with Crippen LogP contribution in [0.3, 0.4) is 0 Å². The molecule has 0 bridgehead atoms. The molecule has 2 saturated carbocycles. The van der Waals surface area contributed by atoms with Gasteiger partial charge in [-0.25, -0.2) is 4.68 Å². The first-order valence-electron chi connectivity index (χ1n) is 14.1. The molecule has 1 aromatic carbocycles. The van der Waals surface area contributed by atoms with Crippen molar-refractivity contribution in [2.24, 2.45) is 23.7 Å². The molecular weight excluding hydrogens is 466 g/mol. The van der Waals surface area contributed by atoms with Gasteiger partial charge in [0.2, 0.25) is 5.91 Å². The molecule has 200 valence electrons. The molecule has 9 nitrogen and oxygen atoms in total. The highest BCUT2D eigenvalue weighted by molar-refractivity contribution is 6.00. The zero-order chi connectivity index (χ0) is 25.9. The van der Waals surface area contributed by atoms with Crippen LogP contribution in [0.15, 0.2) is 24.3 Å². The normalized spacial score (nSPS) is 22.6. The second-order valence-electron chi connectivity index (χ2n) is 11.6. The number of fused-ring (bicyclic) bond motifs is 1. The highest BCUT2D eigenvalue weighted by Crippen LogP contribution is 2.42. The van der Waals surface area contributed by atoms with Crippen LogP contribution < -0.4 is 15.5 Å². The van der Waals surface area contributed by atoms with Crippen LogP contribution in [0.25, 0.3) is 0 Å². The summed E-state index contributed by atoms with van der Waals surface area (Å²) in [6.07, 6.45) is 7.08. The van der Waals surface area contributed by atoms with Crippen molar-refractivity contribution >= 4 is 17.5 Å². The molecule has 37 heavy (non-hydrogen) atoms. The van der Waals surface area contributed by atoms with Crippen molar-refractivity contribution < 1.29 is 9.59 Å². The first kappa shape index (κ1) is 25.8.